The molecule has 10 heavy (non-hydrogen) atoms. The van der Waals surface area contributed by atoms with Crippen molar-refractivity contribution in [3.63, 3.8) is 0 Å². The first-order chi connectivity index (χ1) is 4.36. The second kappa shape index (κ2) is 2.80. The highest BCUT2D eigenvalue weighted by molar-refractivity contribution is 5.72. The average Bonchev–Trinajstić information content (AvgIpc) is 1.60. The molecule has 0 unspecified atom stereocenters. The van der Waals surface area contributed by atoms with Crippen LogP contribution in [0.4, 0.5) is 4.79 Å². The summed E-state index contributed by atoms with van der Waals surface area (Å²) in [7, 11) is 0. The molecule has 7 N–H and O–H groups in total. The molecule has 0 saturated heterocycles. The SMILES string of the molecule is NC(=O)NC(O)(O)C(O)O. The molecule has 0 aromatic heterocycles. The van der Waals surface area contributed by atoms with Crippen LogP contribution in [-0.2, 0) is 0 Å². The van der Waals surface area contributed by atoms with Crippen molar-refractivity contribution in [3.05, 3.63) is 0 Å². The average molecular weight is 152 g/mol. The number of urea groups is 1. The van der Waals surface area contributed by atoms with E-state index in [1.54, 1.807) is 0 Å². The minimum absolute atomic E-state index is 1.27. The number of hydrogen-bond donors (Lipinski definition) is 6. The van der Waals surface area contributed by atoms with E-state index in [2.05, 4.69) is 5.73 Å². The van der Waals surface area contributed by atoms with Crippen LogP contribution in [-0.4, -0.2) is 38.7 Å². The molecule has 0 radical (unpaired) electrons. The molecule has 0 heterocycles. The van der Waals surface area contributed by atoms with Gasteiger partial charge in [0.05, 0.1) is 0 Å². The zero-order chi connectivity index (χ0) is 8.36. The van der Waals surface area contributed by atoms with Gasteiger partial charge in [0.2, 0.25) is 6.29 Å². The molecule has 7 heteroatoms. The van der Waals surface area contributed by atoms with Gasteiger partial charge in [0.25, 0.3) is 0 Å². The molecular formula is C3H8N2O5. The Morgan fingerprint density at radius 2 is 1.90 bits per heavy atom. The van der Waals surface area contributed by atoms with Crippen LogP contribution in [0.1, 0.15) is 0 Å². The highest BCUT2D eigenvalue weighted by Crippen LogP contribution is 1.96. The largest absolute Gasteiger partial charge is 0.362 e. The van der Waals surface area contributed by atoms with Crippen molar-refractivity contribution in [1.29, 1.82) is 0 Å². The smallest absolute Gasteiger partial charge is 0.316 e. The van der Waals surface area contributed by atoms with Gasteiger partial charge in [-0.1, -0.05) is 0 Å². The lowest BCUT2D eigenvalue weighted by atomic mass is 10.5. The van der Waals surface area contributed by atoms with Gasteiger partial charge in [0, 0.05) is 0 Å². The van der Waals surface area contributed by atoms with E-state index >= 15 is 0 Å². The maximum atomic E-state index is 9.89. The fourth-order valence-corrected chi connectivity index (χ4v) is 0.246. The van der Waals surface area contributed by atoms with Crippen LogP contribution in [0.15, 0.2) is 0 Å². The van der Waals surface area contributed by atoms with Gasteiger partial charge < -0.3 is 26.2 Å². The molecule has 0 spiro atoms. The summed E-state index contributed by atoms with van der Waals surface area (Å²) < 4.78 is 0. The van der Waals surface area contributed by atoms with Crippen molar-refractivity contribution in [2.75, 3.05) is 0 Å². The number of primary amides is 1. The summed E-state index contributed by atoms with van der Waals surface area (Å²) in [5.74, 6) is -3.09. The number of carbonyl (C=O) groups excluding carboxylic acids is 1. The fourth-order valence-electron chi connectivity index (χ4n) is 0.246. The van der Waals surface area contributed by atoms with Crippen molar-refractivity contribution >= 4 is 6.03 Å². The van der Waals surface area contributed by atoms with Crippen LogP contribution in [0.5, 0.6) is 0 Å². The predicted octanol–water partition coefficient (Wildman–Crippen LogP) is -3.40. The summed E-state index contributed by atoms with van der Waals surface area (Å²) in [4.78, 5) is 9.89. The second-order valence-corrected chi connectivity index (χ2v) is 1.59. The second-order valence-electron chi connectivity index (χ2n) is 1.59. The van der Waals surface area contributed by atoms with Crippen LogP contribution in [0.2, 0.25) is 0 Å². The zero-order valence-electron chi connectivity index (χ0n) is 4.85. The number of rotatable bonds is 2. The van der Waals surface area contributed by atoms with E-state index in [1.807, 2.05) is 0 Å². The van der Waals surface area contributed by atoms with Gasteiger partial charge in [-0.2, -0.15) is 0 Å². The monoisotopic (exact) mass is 152 g/mol. The molecule has 60 valence electrons. The molecule has 7 nitrogen and oxygen atoms in total. The predicted molar refractivity (Wildman–Crippen MR) is 28.1 cm³/mol. The third-order valence-electron chi connectivity index (χ3n) is 0.667. The number of aliphatic hydroxyl groups excluding tert-OH is 1. The summed E-state index contributed by atoms with van der Waals surface area (Å²) in [5, 5.41) is 34.3. The van der Waals surface area contributed by atoms with Crippen molar-refractivity contribution in [1.82, 2.24) is 5.32 Å². The number of nitrogens with two attached hydrogens (primary N) is 1. The summed E-state index contributed by atoms with van der Waals surface area (Å²) >= 11 is 0. The zero-order valence-corrected chi connectivity index (χ0v) is 4.85. The van der Waals surface area contributed by atoms with Crippen LogP contribution in [0.3, 0.4) is 0 Å². The number of nitrogens with one attached hydrogen (secondary N) is 1. The van der Waals surface area contributed by atoms with Crippen LogP contribution >= 0.6 is 0 Å². The lowest BCUT2D eigenvalue weighted by Gasteiger charge is -2.22. The molecule has 0 fully saturated rings. The summed E-state index contributed by atoms with van der Waals surface area (Å²) in [5.41, 5.74) is 4.42. The first-order valence-electron chi connectivity index (χ1n) is 2.25. The molecule has 0 atom stereocenters. The Morgan fingerprint density at radius 3 is 2.00 bits per heavy atom. The maximum Gasteiger partial charge on any atom is 0.316 e. The van der Waals surface area contributed by atoms with E-state index in [4.69, 9.17) is 20.4 Å². The first-order valence-corrected chi connectivity index (χ1v) is 2.25. The van der Waals surface area contributed by atoms with E-state index < -0.39 is 18.2 Å². The van der Waals surface area contributed by atoms with E-state index in [9.17, 15) is 4.79 Å². The van der Waals surface area contributed by atoms with Crippen molar-refractivity contribution in [2.24, 2.45) is 5.73 Å². The van der Waals surface area contributed by atoms with Crippen molar-refractivity contribution in [2.45, 2.75) is 12.2 Å². The Kier molecular flexibility index (Phi) is 2.55. The number of carbonyl (C=O) groups is 1. The standard InChI is InChI=1S/C3H8N2O5/c4-2(8)5-3(9,10)1(6)7/h1,6-7,9-10H,(H3,4,5,8). The molecule has 0 aliphatic heterocycles. The van der Waals surface area contributed by atoms with Crippen LogP contribution in [0.25, 0.3) is 0 Å². The van der Waals surface area contributed by atoms with Gasteiger partial charge in [-0.15, -0.1) is 0 Å². The Balaban J connectivity index is 3.99. The molecule has 0 aliphatic rings. The minimum Gasteiger partial charge on any atom is -0.362 e. The highest BCUT2D eigenvalue weighted by atomic mass is 16.6. The Bertz CT molecular complexity index is 133. The quantitative estimate of drug-likeness (QED) is 0.229. The molecule has 0 bridgehead atoms. The topological polar surface area (TPSA) is 136 Å². The van der Waals surface area contributed by atoms with E-state index in [1.165, 1.54) is 5.32 Å². The number of hydrogen-bond acceptors (Lipinski definition) is 5. The van der Waals surface area contributed by atoms with Gasteiger partial charge in [0.15, 0.2) is 0 Å². The lowest BCUT2D eigenvalue weighted by molar-refractivity contribution is -0.298. The summed E-state index contributed by atoms with van der Waals surface area (Å²) in [6, 6.07) is -1.28. The molecule has 0 rings (SSSR count). The third kappa shape index (κ3) is 2.60. The van der Waals surface area contributed by atoms with Crippen molar-refractivity contribution < 1.29 is 25.2 Å². The molecular weight excluding hydrogens is 144 g/mol. The van der Waals surface area contributed by atoms with E-state index in [0.717, 1.165) is 0 Å². The van der Waals surface area contributed by atoms with Gasteiger partial charge in [-0.25, -0.2) is 4.79 Å². The van der Waals surface area contributed by atoms with E-state index in [-0.39, 0.29) is 0 Å². The Morgan fingerprint density at radius 1 is 1.50 bits per heavy atom. The van der Waals surface area contributed by atoms with Gasteiger partial charge >= 0.3 is 11.9 Å². The first kappa shape index (κ1) is 9.11. The number of amides is 2. The Labute approximate surface area is 55.7 Å². The van der Waals surface area contributed by atoms with E-state index in [0.29, 0.717) is 0 Å². The van der Waals surface area contributed by atoms with Crippen molar-refractivity contribution in [3.8, 4) is 0 Å². The molecule has 0 aromatic rings. The lowest BCUT2D eigenvalue weighted by Crippen LogP contribution is -2.58. The highest BCUT2D eigenvalue weighted by Gasteiger charge is 2.32. The summed E-state index contributed by atoms with van der Waals surface area (Å²) in [6.45, 7) is 0. The fraction of sp³-hybridized carbons (Fsp3) is 0.667. The van der Waals surface area contributed by atoms with Gasteiger partial charge in [0.1, 0.15) is 0 Å². The summed E-state index contributed by atoms with van der Waals surface area (Å²) in [6.07, 6.45) is -2.50. The normalized spacial score (nSPS) is 11.7. The molecule has 0 saturated carbocycles. The van der Waals surface area contributed by atoms with Crippen LogP contribution < -0.4 is 11.1 Å². The third-order valence-corrected chi connectivity index (χ3v) is 0.667. The molecule has 2 amide bonds. The van der Waals surface area contributed by atoms with Crippen LogP contribution in [0, 0.1) is 0 Å². The maximum absolute atomic E-state index is 9.89. The number of aliphatic hydroxyl groups is 4. The van der Waals surface area contributed by atoms with Gasteiger partial charge in [-0.3, -0.25) is 5.32 Å². The molecule has 0 aliphatic carbocycles. The van der Waals surface area contributed by atoms with Gasteiger partial charge in [-0.05, 0) is 0 Å². The minimum atomic E-state index is -3.09. The molecule has 0 aromatic carbocycles. The Hall–Kier alpha value is -0.890.